The molecule has 3 rings (SSSR count). The monoisotopic (exact) mass is 376 g/mol. The molecule has 0 saturated heterocycles. The molecule has 1 aromatic carbocycles. The molecule has 23 heavy (non-hydrogen) atoms. The lowest BCUT2D eigenvalue weighted by Crippen LogP contribution is -2.39. The number of halogens is 1. The lowest BCUT2D eigenvalue weighted by molar-refractivity contribution is 0.0270. The summed E-state index contributed by atoms with van der Waals surface area (Å²) in [7, 11) is 0. The number of nitrogens with one attached hydrogen (secondary N) is 1. The Balaban J connectivity index is 1.78. The number of amides is 1. The molecule has 0 saturated carbocycles. The number of carbonyl (C=O) groups is 1. The minimum absolute atomic E-state index is 0.241. The molecule has 0 radical (unpaired) electrons. The van der Waals surface area contributed by atoms with E-state index in [9.17, 15) is 4.79 Å². The third-order valence-corrected chi connectivity index (χ3v) is 4.34. The quantitative estimate of drug-likeness (QED) is 0.764. The van der Waals surface area contributed by atoms with Crippen LogP contribution < -0.4 is 0 Å². The number of aromatic nitrogens is 1. The summed E-state index contributed by atoms with van der Waals surface area (Å²) in [6, 6.07) is 6.23. The van der Waals surface area contributed by atoms with E-state index in [0.29, 0.717) is 13.1 Å². The van der Waals surface area contributed by atoms with Crippen LogP contribution in [0.3, 0.4) is 0 Å². The van der Waals surface area contributed by atoms with Crippen molar-refractivity contribution in [2.24, 2.45) is 0 Å². The van der Waals surface area contributed by atoms with E-state index < -0.39 is 5.60 Å². The summed E-state index contributed by atoms with van der Waals surface area (Å²) in [5, 5.41) is 1.20. The van der Waals surface area contributed by atoms with Crippen LogP contribution in [0.1, 0.15) is 32.8 Å². The largest absolute Gasteiger partial charge is 0.444 e. The second kappa shape index (κ2) is 6.04. The fourth-order valence-corrected chi connectivity index (χ4v) is 3.13. The number of benzene rings is 1. The van der Waals surface area contributed by atoms with E-state index in [1.54, 1.807) is 4.90 Å². The summed E-state index contributed by atoms with van der Waals surface area (Å²) in [5.74, 6) is 0. The summed E-state index contributed by atoms with van der Waals surface area (Å²) >= 11 is 3.53. The summed E-state index contributed by atoms with van der Waals surface area (Å²) in [4.78, 5) is 17.2. The highest BCUT2D eigenvalue weighted by atomic mass is 79.9. The Morgan fingerprint density at radius 1 is 1.35 bits per heavy atom. The average molecular weight is 377 g/mol. The predicted molar refractivity (Wildman–Crippen MR) is 96.4 cm³/mol. The first-order valence-corrected chi connectivity index (χ1v) is 8.57. The third kappa shape index (κ3) is 3.61. The summed E-state index contributed by atoms with van der Waals surface area (Å²) < 4.78 is 6.50. The molecule has 0 bridgehead atoms. The van der Waals surface area contributed by atoms with Crippen LogP contribution in [-0.2, 0) is 4.74 Å². The van der Waals surface area contributed by atoms with Gasteiger partial charge in [0.2, 0.25) is 0 Å². The van der Waals surface area contributed by atoms with E-state index in [-0.39, 0.29) is 6.09 Å². The van der Waals surface area contributed by atoms with E-state index in [2.05, 4.69) is 39.1 Å². The van der Waals surface area contributed by atoms with Crippen molar-refractivity contribution in [3.8, 4) is 0 Å². The van der Waals surface area contributed by atoms with Gasteiger partial charge in [-0.25, -0.2) is 4.79 Å². The zero-order valence-corrected chi connectivity index (χ0v) is 15.2. The van der Waals surface area contributed by atoms with Gasteiger partial charge in [-0.2, -0.15) is 0 Å². The number of hydrogen-bond acceptors (Lipinski definition) is 2. The molecule has 1 N–H and O–H groups in total. The molecule has 1 aliphatic rings. The first-order chi connectivity index (χ1) is 10.8. The molecule has 122 valence electrons. The number of H-pyrrole nitrogens is 1. The van der Waals surface area contributed by atoms with Gasteiger partial charge >= 0.3 is 6.09 Å². The van der Waals surface area contributed by atoms with E-state index in [1.807, 2.05) is 33.0 Å². The Kier molecular flexibility index (Phi) is 4.23. The minimum atomic E-state index is -0.454. The lowest BCUT2D eigenvalue weighted by Gasteiger charge is -2.29. The standard InChI is InChI=1S/C18H21BrN2O2/c1-18(2,3)23-17(22)21-8-6-12(7-9-21)15-11-20-16-5-4-13(19)10-14(15)16/h4-6,10-11,20H,7-9H2,1-3H3. The maximum absolute atomic E-state index is 12.1. The Hall–Kier alpha value is -1.75. The van der Waals surface area contributed by atoms with E-state index >= 15 is 0 Å². The second-order valence-electron chi connectivity index (χ2n) is 6.80. The van der Waals surface area contributed by atoms with Gasteiger partial charge < -0.3 is 14.6 Å². The highest BCUT2D eigenvalue weighted by Crippen LogP contribution is 2.31. The molecule has 5 heteroatoms. The van der Waals surface area contributed by atoms with Crippen molar-refractivity contribution in [2.75, 3.05) is 13.1 Å². The van der Waals surface area contributed by atoms with Gasteiger partial charge in [0.15, 0.2) is 0 Å². The number of ether oxygens (including phenoxy) is 1. The Bertz CT molecular complexity index is 771. The van der Waals surface area contributed by atoms with Crippen molar-refractivity contribution in [2.45, 2.75) is 32.8 Å². The van der Waals surface area contributed by atoms with Gasteiger partial charge in [-0.1, -0.05) is 22.0 Å². The molecular formula is C18H21BrN2O2. The van der Waals surface area contributed by atoms with Crippen molar-refractivity contribution < 1.29 is 9.53 Å². The molecule has 1 aromatic heterocycles. The van der Waals surface area contributed by atoms with Crippen molar-refractivity contribution in [3.05, 3.63) is 40.5 Å². The van der Waals surface area contributed by atoms with Gasteiger partial charge in [-0.3, -0.25) is 0 Å². The SMILES string of the molecule is CC(C)(C)OC(=O)N1CC=C(c2c[nH]c3ccc(Br)cc23)CC1. The zero-order valence-electron chi connectivity index (χ0n) is 13.6. The smallest absolute Gasteiger partial charge is 0.410 e. The number of rotatable bonds is 1. The molecule has 0 unspecified atom stereocenters. The summed E-state index contributed by atoms with van der Waals surface area (Å²) in [6.07, 6.45) is 4.76. The van der Waals surface area contributed by atoms with Crippen LogP contribution >= 0.6 is 15.9 Å². The fourth-order valence-electron chi connectivity index (χ4n) is 2.76. The minimum Gasteiger partial charge on any atom is -0.444 e. The Labute approximate surface area is 144 Å². The van der Waals surface area contributed by atoms with Gasteiger partial charge in [0, 0.05) is 40.2 Å². The first-order valence-electron chi connectivity index (χ1n) is 7.77. The molecule has 2 aromatic rings. The zero-order chi connectivity index (χ0) is 16.6. The van der Waals surface area contributed by atoms with Crippen LogP contribution in [-0.4, -0.2) is 34.7 Å². The molecule has 4 nitrogen and oxygen atoms in total. The van der Waals surface area contributed by atoms with Gasteiger partial charge in [-0.05, 0) is 51.0 Å². The molecule has 0 fully saturated rings. The molecule has 0 spiro atoms. The fraction of sp³-hybridized carbons (Fsp3) is 0.389. The van der Waals surface area contributed by atoms with Crippen LogP contribution in [0.5, 0.6) is 0 Å². The normalized spacial score (nSPS) is 15.7. The van der Waals surface area contributed by atoms with Crippen molar-refractivity contribution in [1.29, 1.82) is 0 Å². The van der Waals surface area contributed by atoms with Crippen LogP contribution in [0.4, 0.5) is 4.79 Å². The average Bonchev–Trinajstić information content (AvgIpc) is 2.88. The van der Waals surface area contributed by atoms with E-state index in [0.717, 1.165) is 16.4 Å². The van der Waals surface area contributed by atoms with Gasteiger partial charge in [0.05, 0.1) is 0 Å². The van der Waals surface area contributed by atoms with Gasteiger partial charge in [0.25, 0.3) is 0 Å². The highest BCUT2D eigenvalue weighted by Gasteiger charge is 2.24. The molecule has 0 atom stereocenters. The number of hydrogen-bond donors (Lipinski definition) is 1. The van der Waals surface area contributed by atoms with E-state index in [1.165, 1.54) is 16.5 Å². The number of fused-ring (bicyclic) bond motifs is 1. The Morgan fingerprint density at radius 2 is 2.13 bits per heavy atom. The molecule has 2 heterocycles. The van der Waals surface area contributed by atoms with Crippen molar-refractivity contribution in [1.82, 2.24) is 9.88 Å². The summed E-state index contributed by atoms with van der Waals surface area (Å²) in [5.41, 5.74) is 3.16. The maximum Gasteiger partial charge on any atom is 0.410 e. The van der Waals surface area contributed by atoms with Gasteiger partial charge in [0.1, 0.15) is 5.60 Å². The van der Waals surface area contributed by atoms with Crippen molar-refractivity contribution >= 4 is 38.5 Å². The van der Waals surface area contributed by atoms with Crippen LogP contribution in [0.2, 0.25) is 0 Å². The molecule has 0 aliphatic carbocycles. The third-order valence-electron chi connectivity index (χ3n) is 3.85. The predicted octanol–water partition coefficient (Wildman–Crippen LogP) is 4.95. The first kappa shape index (κ1) is 16.1. The number of nitrogens with zero attached hydrogens (tertiary/aromatic N) is 1. The van der Waals surface area contributed by atoms with E-state index in [4.69, 9.17) is 4.74 Å². The van der Waals surface area contributed by atoms with Crippen LogP contribution in [0.15, 0.2) is 34.9 Å². The topological polar surface area (TPSA) is 45.3 Å². The second-order valence-corrected chi connectivity index (χ2v) is 7.71. The number of aromatic amines is 1. The molecular weight excluding hydrogens is 356 g/mol. The van der Waals surface area contributed by atoms with Crippen LogP contribution in [0, 0.1) is 0 Å². The van der Waals surface area contributed by atoms with Crippen LogP contribution in [0.25, 0.3) is 16.5 Å². The molecule has 1 amide bonds. The molecule has 1 aliphatic heterocycles. The highest BCUT2D eigenvalue weighted by molar-refractivity contribution is 9.10. The summed E-state index contributed by atoms with van der Waals surface area (Å²) in [6.45, 7) is 6.94. The number of carbonyl (C=O) groups excluding carboxylic acids is 1. The van der Waals surface area contributed by atoms with Crippen molar-refractivity contribution in [3.63, 3.8) is 0 Å². The van der Waals surface area contributed by atoms with Gasteiger partial charge in [-0.15, -0.1) is 0 Å². The Morgan fingerprint density at radius 3 is 2.78 bits per heavy atom. The maximum atomic E-state index is 12.1. The lowest BCUT2D eigenvalue weighted by atomic mass is 9.99.